The van der Waals surface area contributed by atoms with Crippen molar-refractivity contribution in [3.8, 4) is 11.8 Å². The molecule has 0 aromatic carbocycles. The number of allylic oxidation sites excluding steroid dienone is 4. The smallest absolute Gasteiger partial charge is 0.192 e. The highest BCUT2D eigenvalue weighted by molar-refractivity contribution is 6.74. The summed E-state index contributed by atoms with van der Waals surface area (Å²) in [7, 11) is -1.92. The molecule has 2 aliphatic carbocycles. The largest absolute Gasteiger partial charge is 0.494 e. The van der Waals surface area contributed by atoms with Crippen LogP contribution in [-0.4, -0.2) is 21.0 Å². The standard InChI is InChI=1S/C30H50O2Si/c1-13-15-25-23(6)27(31-18-14-2)20-26-28(32-33(11,12)29(7,8)9)19-22(5)24(30(25,26)10)17-16-21(3)4/h14,16,22,24-26,28H,2,17-20H2,1,3-12H3/t22-,24+,25+,26-,28-,30+/m0/s1. The minimum absolute atomic E-state index is 0.0464. The van der Waals surface area contributed by atoms with Crippen molar-refractivity contribution in [2.45, 2.75) is 106 Å². The molecule has 0 unspecified atom stereocenters. The summed E-state index contributed by atoms with van der Waals surface area (Å²) in [4.78, 5) is 0. The Balaban J connectivity index is 2.65. The van der Waals surface area contributed by atoms with Crippen LogP contribution in [0.1, 0.15) is 81.6 Å². The molecule has 0 saturated heterocycles. The average molecular weight is 471 g/mol. The van der Waals surface area contributed by atoms with Crippen molar-refractivity contribution >= 4 is 8.32 Å². The Bertz CT molecular complexity index is 828. The molecule has 2 rings (SSSR count). The maximum absolute atomic E-state index is 7.21. The topological polar surface area (TPSA) is 18.5 Å². The Labute approximate surface area is 206 Å². The lowest BCUT2D eigenvalue weighted by Gasteiger charge is -2.59. The summed E-state index contributed by atoms with van der Waals surface area (Å²) in [6.07, 6.45) is 7.70. The number of ether oxygens (including phenoxy) is 1. The van der Waals surface area contributed by atoms with Gasteiger partial charge in [-0.2, -0.15) is 0 Å². The molecule has 1 saturated carbocycles. The third-order valence-electron chi connectivity index (χ3n) is 8.93. The molecule has 33 heavy (non-hydrogen) atoms. The summed E-state index contributed by atoms with van der Waals surface area (Å²) in [5.74, 6) is 9.79. The highest BCUT2D eigenvalue weighted by Gasteiger charge is 2.58. The Morgan fingerprint density at radius 3 is 2.42 bits per heavy atom. The Morgan fingerprint density at radius 1 is 1.27 bits per heavy atom. The predicted octanol–water partition coefficient (Wildman–Crippen LogP) is 8.53. The first-order valence-corrected chi connectivity index (χ1v) is 15.8. The fraction of sp³-hybridized carbons (Fsp3) is 0.733. The van der Waals surface area contributed by atoms with E-state index in [9.17, 15) is 0 Å². The van der Waals surface area contributed by atoms with Gasteiger partial charge in [-0.15, -0.1) is 5.92 Å². The molecule has 3 heteroatoms. The van der Waals surface area contributed by atoms with E-state index in [2.05, 4.69) is 93.0 Å². The van der Waals surface area contributed by atoms with Crippen LogP contribution in [0, 0.1) is 40.9 Å². The fourth-order valence-electron chi connectivity index (χ4n) is 6.03. The fourth-order valence-corrected chi connectivity index (χ4v) is 7.40. The van der Waals surface area contributed by atoms with Crippen LogP contribution in [0.4, 0.5) is 0 Å². The summed E-state index contributed by atoms with van der Waals surface area (Å²) in [5, 5.41) is 0.191. The van der Waals surface area contributed by atoms with Crippen molar-refractivity contribution in [2.24, 2.45) is 29.1 Å². The molecule has 0 heterocycles. The molecule has 0 aromatic heterocycles. The van der Waals surface area contributed by atoms with Crippen molar-refractivity contribution < 1.29 is 9.16 Å². The number of rotatable bonds is 7. The zero-order chi connectivity index (χ0) is 25.2. The molecule has 0 N–H and O–H groups in total. The van der Waals surface area contributed by atoms with E-state index < -0.39 is 8.32 Å². The zero-order valence-electron chi connectivity index (χ0n) is 23.4. The molecule has 6 atom stereocenters. The summed E-state index contributed by atoms with van der Waals surface area (Å²) in [6, 6.07) is 0. The maximum Gasteiger partial charge on any atom is 0.192 e. The van der Waals surface area contributed by atoms with Gasteiger partial charge >= 0.3 is 0 Å². The molecule has 2 nitrogen and oxygen atoms in total. The molecular formula is C30H50O2Si. The second-order valence-electron chi connectivity index (χ2n) is 12.5. The van der Waals surface area contributed by atoms with Crippen LogP contribution >= 0.6 is 0 Å². The first-order chi connectivity index (χ1) is 15.2. The van der Waals surface area contributed by atoms with Crippen LogP contribution in [0.2, 0.25) is 18.1 Å². The normalized spacial score (nSPS) is 32.4. The Hall–Kier alpha value is -1.24. The molecule has 0 radical (unpaired) electrons. The first-order valence-electron chi connectivity index (χ1n) is 12.9. The van der Waals surface area contributed by atoms with Crippen LogP contribution in [-0.2, 0) is 9.16 Å². The Kier molecular flexibility index (Phi) is 8.97. The summed E-state index contributed by atoms with van der Waals surface area (Å²) in [6.45, 7) is 29.9. The van der Waals surface area contributed by atoms with Crippen molar-refractivity contribution in [3.63, 3.8) is 0 Å². The van der Waals surface area contributed by atoms with E-state index in [1.807, 2.05) is 13.0 Å². The van der Waals surface area contributed by atoms with E-state index in [0.717, 1.165) is 25.0 Å². The zero-order valence-corrected chi connectivity index (χ0v) is 24.4. The molecule has 0 bridgehead atoms. The summed E-state index contributed by atoms with van der Waals surface area (Å²) < 4.78 is 13.5. The predicted molar refractivity (Wildman–Crippen MR) is 145 cm³/mol. The third-order valence-corrected chi connectivity index (χ3v) is 13.4. The first kappa shape index (κ1) is 28.0. The van der Waals surface area contributed by atoms with Gasteiger partial charge in [0.1, 0.15) is 6.61 Å². The lowest BCUT2D eigenvalue weighted by Crippen LogP contribution is -2.58. The van der Waals surface area contributed by atoms with Gasteiger partial charge in [-0.25, -0.2) is 0 Å². The SMILES string of the molecule is C=CCOC1=C(C)[C@@H](C#CC)[C@@]2(C)[C@H](CC=C(C)C)[C@@H](C)C[C@H](O[Si](C)(C)C(C)(C)C)[C@@H]2C1. The molecule has 0 aliphatic heterocycles. The average Bonchev–Trinajstić information content (AvgIpc) is 2.68. The minimum Gasteiger partial charge on any atom is -0.494 e. The van der Waals surface area contributed by atoms with E-state index in [-0.39, 0.29) is 22.5 Å². The number of fused-ring (bicyclic) bond motifs is 1. The molecule has 0 amide bonds. The van der Waals surface area contributed by atoms with E-state index in [1.54, 1.807) is 0 Å². The number of hydrogen-bond donors (Lipinski definition) is 0. The molecule has 186 valence electrons. The van der Waals surface area contributed by atoms with Crippen LogP contribution in [0.15, 0.2) is 35.6 Å². The summed E-state index contributed by atoms with van der Waals surface area (Å²) in [5.41, 5.74) is 2.76. The molecule has 2 aliphatic rings. The van der Waals surface area contributed by atoms with Gasteiger partial charge in [0.25, 0.3) is 0 Å². The van der Waals surface area contributed by atoms with E-state index in [4.69, 9.17) is 9.16 Å². The lowest BCUT2D eigenvalue weighted by atomic mass is 9.47. The van der Waals surface area contributed by atoms with E-state index in [1.165, 1.54) is 11.1 Å². The molecule has 1 fully saturated rings. The van der Waals surface area contributed by atoms with Crippen molar-refractivity contribution in [1.29, 1.82) is 0 Å². The van der Waals surface area contributed by atoms with Gasteiger partial charge in [-0.3, -0.25) is 0 Å². The van der Waals surface area contributed by atoms with Gasteiger partial charge in [0.05, 0.1) is 11.7 Å². The monoisotopic (exact) mass is 470 g/mol. The van der Waals surface area contributed by atoms with Gasteiger partial charge in [-0.1, -0.05) is 64.8 Å². The van der Waals surface area contributed by atoms with Gasteiger partial charge in [-0.05, 0) is 87.4 Å². The highest BCUT2D eigenvalue weighted by atomic mass is 28.4. The van der Waals surface area contributed by atoms with Crippen LogP contribution in [0.3, 0.4) is 0 Å². The Morgan fingerprint density at radius 2 is 1.91 bits per heavy atom. The quantitative estimate of drug-likeness (QED) is 0.211. The lowest BCUT2D eigenvalue weighted by molar-refractivity contribution is -0.103. The summed E-state index contributed by atoms with van der Waals surface area (Å²) >= 11 is 0. The molecule has 0 spiro atoms. The number of hydrogen-bond acceptors (Lipinski definition) is 2. The van der Waals surface area contributed by atoms with E-state index >= 15 is 0 Å². The van der Waals surface area contributed by atoms with Crippen LogP contribution in [0.5, 0.6) is 0 Å². The maximum atomic E-state index is 7.21. The van der Waals surface area contributed by atoms with Crippen molar-refractivity contribution in [1.82, 2.24) is 0 Å². The van der Waals surface area contributed by atoms with Gasteiger partial charge < -0.3 is 9.16 Å². The molecule has 0 aromatic rings. The highest BCUT2D eigenvalue weighted by Crippen LogP contribution is 2.61. The van der Waals surface area contributed by atoms with Gasteiger partial charge in [0, 0.05) is 12.5 Å². The second kappa shape index (κ2) is 10.6. The van der Waals surface area contributed by atoms with Gasteiger partial charge in [0.15, 0.2) is 8.32 Å². The molecular weight excluding hydrogens is 420 g/mol. The van der Waals surface area contributed by atoms with Crippen molar-refractivity contribution in [3.05, 3.63) is 35.6 Å². The van der Waals surface area contributed by atoms with Gasteiger partial charge in [0.2, 0.25) is 0 Å². The van der Waals surface area contributed by atoms with Crippen LogP contribution in [0.25, 0.3) is 0 Å². The second-order valence-corrected chi connectivity index (χ2v) is 17.2. The third kappa shape index (κ3) is 5.71. The van der Waals surface area contributed by atoms with Crippen molar-refractivity contribution in [2.75, 3.05) is 6.61 Å². The van der Waals surface area contributed by atoms with E-state index in [0.29, 0.717) is 24.4 Å². The minimum atomic E-state index is -1.92. The van der Waals surface area contributed by atoms with Crippen LogP contribution < -0.4 is 0 Å².